The first-order valence-electron chi connectivity index (χ1n) is 6.61. The van der Waals surface area contributed by atoms with Crippen LogP contribution in [0.4, 0.5) is 0 Å². The van der Waals surface area contributed by atoms with Crippen LogP contribution in [0.1, 0.15) is 30.0 Å². The van der Waals surface area contributed by atoms with Crippen molar-refractivity contribution in [1.82, 2.24) is 19.5 Å². The zero-order valence-electron chi connectivity index (χ0n) is 10.5. The van der Waals surface area contributed by atoms with Crippen molar-refractivity contribution in [2.24, 2.45) is 0 Å². The van der Waals surface area contributed by atoms with Crippen LogP contribution in [0.15, 0.2) is 43.0 Å². The first-order chi connectivity index (χ1) is 9.42. The fraction of sp³-hybridized carbons (Fsp3) is 0.267. The molecule has 3 aromatic rings. The van der Waals surface area contributed by atoms with Crippen molar-refractivity contribution in [1.29, 1.82) is 0 Å². The third-order valence-electron chi connectivity index (χ3n) is 3.59. The molecule has 0 amide bonds. The molecule has 1 fully saturated rings. The molecule has 4 nitrogen and oxygen atoms in total. The van der Waals surface area contributed by atoms with Crippen LogP contribution in [0.5, 0.6) is 0 Å². The van der Waals surface area contributed by atoms with Crippen molar-refractivity contribution >= 4 is 11.2 Å². The van der Waals surface area contributed by atoms with Gasteiger partial charge in [0.1, 0.15) is 11.8 Å². The summed E-state index contributed by atoms with van der Waals surface area (Å²) in [5.74, 6) is 0.602. The highest BCUT2D eigenvalue weighted by molar-refractivity contribution is 5.74. The van der Waals surface area contributed by atoms with E-state index in [-0.39, 0.29) is 0 Å². The van der Waals surface area contributed by atoms with E-state index in [4.69, 9.17) is 0 Å². The number of hydrogen-bond acceptors (Lipinski definition) is 3. The first-order valence-corrected chi connectivity index (χ1v) is 6.61. The first kappa shape index (κ1) is 10.7. The summed E-state index contributed by atoms with van der Waals surface area (Å²) in [5.41, 5.74) is 4.30. The van der Waals surface area contributed by atoms with E-state index in [9.17, 15) is 0 Å². The van der Waals surface area contributed by atoms with E-state index < -0.39 is 0 Å². The van der Waals surface area contributed by atoms with Crippen LogP contribution >= 0.6 is 0 Å². The van der Waals surface area contributed by atoms with Gasteiger partial charge in [0.2, 0.25) is 0 Å². The Morgan fingerprint density at radius 2 is 1.89 bits per heavy atom. The standard InChI is InChI=1S/C15H14N4/c1-2-4-11(5-3-1)8-19-10-18-14-13(12-6-7-12)16-9-17-15(14)19/h1-5,9-10,12H,6-8H2. The molecule has 4 rings (SSSR count). The molecule has 1 saturated carbocycles. The normalized spacial score (nSPS) is 14.9. The molecule has 1 aromatic carbocycles. The second-order valence-electron chi connectivity index (χ2n) is 5.06. The summed E-state index contributed by atoms with van der Waals surface area (Å²) in [6.45, 7) is 0.804. The maximum atomic E-state index is 4.51. The molecule has 1 aliphatic rings. The van der Waals surface area contributed by atoms with E-state index in [0.717, 1.165) is 23.4 Å². The fourth-order valence-corrected chi connectivity index (χ4v) is 2.45. The fourth-order valence-electron chi connectivity index (χ4n) is 2.45. The molecule has 0 N–H and O–H groups in total. The Kier molecular flexibility index (Phi) is 2.33. The average Bonchev–Trinajstić information content (AvgIpc) is 3.22. The minimum absolute atomic E-state index is 0.602. The number of benzene rings is 1. The van der Waals surface area contributed by atoms with E-state index in [0.29, 0.717) is 5.92 Å². The molecule has 19 heavy (non-hydrogen) atoms. The number of rotatable bonds is 3. The SMILES string of the molecule is c1ccc(Cn2cnc3c(C4CC4)ncnc32)cc1. The van der Waals surface area contributed by atoms with Gasteiger partial charge in [-0.05, 0) is 18.4 Å². The van der Waals surface area contributed by atoms with Crippen LogP contribution in [-0.4, -0.2) is 19.5 Å². The molecule has 0 spiro atoms. The molecule has 0 unspecified atom stereocenters. The lowest BCUT2D eigenvalue weighted by Crippen LogP contribution is -2.00. The highest BCUT2D eigenvalue weighted by Crippen LogP contribution is 2.41. The van der Waals surface area contributed by atoms with Gasteiger partial charge in [-0.25, -0.2) is 15.0 Å². The molecule has 0 aliphatic heterocycles. The Bertz CT molecular complexity index is 713. The zero-order chi connectivity index (χ0) is 12.7. The number of aromatic nitrogens is 4. The molecule has 2 heterocycles. The molecule has 0 bridgehead atoms. The van der Waals surface area contributed by atoms with Gasteiger partial charge in [0.05, 0.1) is 18.6 Å². The van der Waals surface area contributed by atoms with Crippen molar-refractivity contribution in [3.05, 3.63) is 54.2 Å². The van der Waals surface area contributed by atoms with Gasteiger partial charge in [0.15, 0.2) is 5.65 Å². The summed E-state index contributed by atoms with van der Waals surface area (Å²) < 4.78 is 2.10. The molecule has 94 valence electrons. The largest absolute Gasteiger partial charge is 0.311 e. The smallest absolute Gasteiger partial charge is 0.163 e. The van der Waals surface area contributed by atoms with Crippen molar-refractivity contribution < 1.29 is 0 Å². The summed E-state index contributed by atoms with van der Waals surface area (Å²) in [6.07, 6.45) is 6.01. The van der Waals surface area contributed by atoms with Crippen LogP contribution in [0.25, 0.3) is 11.2 Å². The summed E-state index contributed by atoms with van der Waals surface area (Å²) in [7, 11) is 0. The van der Waals surface area contributed by atoms with Crippen molar-refractivity contribution in [3.63, 3.8) is 0 Å². The monoisotopic (exact) mass is 250 g/mol. The number of nitrogens with zero attached hydrogens (tertiary/aromatic N) is 4. The van der Waals surface area contributed by atoms with E-state index >= 15 is 0 Å². The third-order valence-corrected chi connectivity index (χ3v) is 3.59. The lowest BCUT2D eigenvalue weighted by atomic mass is 10.2. The molecule has 0 atom stereocenters. The van der Waals surface area contributed by atoms with Gasteiger partial charge in [-0.2, -0.15) is 0 Å². The molecular formula is C15H14N4. The van der Waals surface area contributed by atoms with Crippen molar-refractivity contribution in [2.45, 2.75) is 25.3 Å². The summed E-state index contributed by atoms with van der Waals surface area (Å²) in [6, 6.07) is 10.4. The van der Waals surface area contributed by atoms with Crippen LogP contribution in [-0.2, 0) is 6.54 Å². The molecule has 1 aliphatic carbocycles. The maximum absolute atomic E-state index is 4.51. The number of imidazole rings is 1. The zero-order valence-corrected chi connectivity index (χ0v) is 10.5. The van der Waals surface area contributed by atoms with Gasteiger partial charge >= 0.3 is 0 Å². The Balaban J connectivity index is 1.77. The van der Waals surface area contributed by atoms with Gasteiger partial charge in [-0.1, -0.05) is 30.3 Å². The van der Waals surface area contributed by atoms with Crippen LogP contribution in [0.2, 0.25) is 0 Å². The minimum Gasteiger partial charge on any atom is -0.311 e. The van der Waals surface area contributed by atoms with Crippen LogP contribution in [0, 0.1) is 0 Å². The van der Waals surface area contributed by atoms with Gasteiger partial charge in [0, 0.05) is 5.92 Å². The lowest BCUT2D eigenvalue weighted by Gasteiger charge is -2.04. The second-order valence-corrected chi connectivity index (χ2v) is 5.06. The highest BCUT2D eigenvalue weighted by Gasteiger charge is 2.28. The highest BCUT2D eigenvalue weighted by atomic mass is 15.1. The van der Waals surface area contributed by atoms with Crippen LogP contribution in [0.3, 0.4) is 0 Å². The van der Waals surface area contributed by atoms with E-state index in [2.05, 4.69) is 43.8 Å². The van der Waals surface area contributed by atoms with E-state index in [1.165, 1.54) is 18.4 Å². The molecule has 4 heteroatoms. The molecular weight excluding hydrogens is 236 g/mol. The van der Waals surface area contributed by atoms with Gasteiger partial charge < -0.3 is 4.57 Å². The quantitative estimate of drug-likeness (QED) is 0.718. The Labute approximate surface area is 111 Å². The number of hydrogen-bond donors (Lipinski definition) is 0. The summed E-state index contributed by atoms with van der Waals surface area (Å²) >= 11 is 0. The van der Waals surface area contributed by atoms with Gasteiger partial charge in [0.25, 0.3) is 0 Å². The predicted octanol–water partition coefficient (Wildman–Crippen LogP) is 2.75. The van der Waals surface area contributed by atoms with E-state index in [1.807, 2.05) is 12.4 Å². The maximum Gasteiger partial charge on any atom is 0.163 e. The average molecular weight is 250 g/mol. The van der Waals surface area contributed by atoms with Crippen LogP contribution < -0.4 is 0 Å². The van der Waals surface area contributed by atoms with Crippen molar-refractivity contribution in [3.8, 4) is 0 Å². The minimum atomic E-state index is 0.602. The molecule has 2 aromatic heterocycles. The second kappa shape index (κ2) is 4.16. The molecule has 0 saturated heterocycles. The number of fused-ring (bicyclic) bond motifs is 1. The Morgan fingerprint density at radius 3 is 2.68 bits per heavy atom. The Morgan fingerprint density at radius 1 is 1.05 bits per heavy atom. The van der Waals surface area contributed by atoms with Gasteiger partial charge in [-0.3, -0.25) is 0 Å². The molecule has 0 radical (unpaired) electrons. The summed E-state index contributed by atoms with van der Waals surface area (Å²) in [5, 5.41) is 0. The van der Waals surface area contributed by atoms with Gasteiger partial charge in [-0.15, -0.1) is 0 Å². The predicted molar refractivity (Wildman–Crippen MR) is 72.8 cm³/mol. The topological polar surface area (TPSA) is 43.6 Å². The van der Waals surface area contributed by atoms with E-state index in [1.54, 1.807) is 6.33 Å². The van der Waals surface area contributed by atoms with Crippen molar-refractivity contribution in [2.75, 3.05) is 0 Å². The third kappa shape index (κ3) is 1.89. The lowest BCUT2D eigenvalue weighted by molar-refractivity contribution is 0.812. The Hall–Kier alpha value is -2.23. The summed E-state index contributed by atoms with van der Waals surface area (Å²) in [4.78, 5) is 13.3.